The van der Waals surface area contributed by atoms with Crippen LogP contribution in [0.15, 0.2) is 30.3 Å². The standard InChI is InChI=1S/C15H21NO2/c1-12(2)10-11-16-15(17)9-8-13-6-4-5-7-14(13)18-3/h4-9,12H,10-11H2,1-3H3,(H,16,17). The Morgan fingerprint density at radius 3 is 2.78 bits per heavy atom. The molecule has 0 saturated heterocycles. The number of benzene rings is 1. The Morgan fingerprint density at radius 2 is 2.11 bits per heavy atom. The van der Waals surface area contributed by atoms with E-state index in [0.717, 1.165) is 17.7 Å². The number of ether oxygens (including phenoxy) is 1. The highest BCUT2D eigenvalue weighted by atomic mass is 16.5. The van der Waals surface area contributed by atoms with Crippen molar-refractivity contribution in [3.8, 4) is 5.75 Å². The molecule has 3 nitrogen and oxygen atoms in total. The zero-order valence-corrected chi connectivity index (χ0v) is 11.3. The minimum absolute atomic E-state index is 0.0680. The normalized spacial score (nSPS) is 10.9. The highest BCUT2D eigenvalue weighted by molar-refractivity contribution is 5.92. The molecule has 1 amide bonds. The summed E-state index contributed by atoms with van der Waals surface area (Å²) in [7, 11) is 1.62. The molecular formula is C15H21NO2. The first-order chi connectivity index (χ1) is 8.63. The fourth-order valence-corrected chi connectivity index (χ4v) is 1.51. The Morgan fingerprint density at radius 1 is 1.39 bits per heavy atom. The van der Waals surface area contributed by atoms with Crippen molar-refractivity contribution in [3.05, 3.63) is 35.9 Å². The second-order valence-corrected chi connectivity index (χ2v) is 4.55. The van der Waals surface area contributed by atoms with Gasteiger partial charge in [-0.15, -0.1) is 0 Å². The van der Waals surface area contributed by atoms with Gasteiger partial charge >= 0.3 is 0 Å². The predicted molar refractivity (Wildman–Crippen MR) is 74.5 cm³/mol. The summed E-state index contributed by atoms with van der Waals surface area (Å²) in [5, 5.41) is 2.86. The van der Waals surface area contributed by atoms with Gasteiger partial charge in [-0.05, 0) is 24.5 Å². The van der Waals surface area contributed by atoms with Gasteiger partial charge in [0.2, 0.25) is 5.91 Å². The van der Waals surface area contributed by atoms with Crippen LogP contribution in [0.2, 0.25) is 0 Å². The van der Waals surface area contributed by atoms with E-state index in [0.29, 0.717) is 12.5 Å². The topological polar surface area (TPSA) is 38.3 Å². The number of hydrogen-bond donors (Lipinski definition) is 1. The van der Waals surface area contributed by atoms with Crippen LogP contribution in [0.25, 0.3) is 6.08 Å². The largest absolute Gasteiger partial charge is 0.496 e. The van der Waals surface area contributed by atoms with Crippen molar-refractivity contribution in [2.24, 2.45) is 5.92 Å². The molecule has 1 N–H and O–H groups in total. The fourth-order valence-electron chi connectivity index (χ4n) is 1.51. The van der Waals surface area contributed by atoms with Gasteiger partial charge in [0, 0.05) is 18.2 Å². The second kappa shape index (κ2) is 7.54. The zero-order valence-electron chi connectivity index (χ0n) is 11.3. The van der Waals surface area contributed by atoms with Crippen molar-refractivity contribution < 1.29 is 9.53 Å². The highest BCUT2D eigenvalue weighted by Crippen LogP contribution is 2.18. The van der Waals surface area contributed by atoms with Crippen LogP contribution < -0.4 is 10.1 Å². The van der Waals surface area contributed by atoms with Crippen molar-refractivity contribution in [1.82, 2.24) is 5.32 Å². The molecular weight excluding hydrogens is 226 g/mol. The zero-order chi connectivity index (χ0) is 13.4. The molecule has 18 heavy (non-hydrogen) atoms. The summed E-state index contributed by atoms with van der Waals surface area (Å²) in [5.41, 5.74) is 0.902. The van der Waals surface area contributed by atoms with Gasteiger partial charge < -0.3 is 10.1 Å². The third-order valence-electron chi connectivity index (χ3n) is 2.57. The van der Waals surface area contributed by atoms with E-state index in [1.165, 1.54) is 6.08 Å². The number of carbonyl (C=O) groups is 1. The Bertz CT molecular complexity index is 411. The van der Waals surface area contributed by atoms with Gasteiger partial charge in [0.05, 0.1) is 7.11 Å². The van der Waals surface area contributed by atoms with Crippen molar-refractivity contribution in [2.45, 2.75) is 20.3 Å². The molecule has 0 radical (unpaired) electrons. The molecule has 0 saturated carbocycles. The Kier molecular flexibility index (Phi) is 5.98. The van der Waals surface area contributed by atoms with E-state index in [1.54, 1.807) is 13.2 Å². The summed E-state index contributed by atoms with van der Waals surface area (Å²) in [5.74, 6) is 1.30. The van der Waals surface area contributed by atoms with Crippen LogP contribution in [0.1, 0.15) is 25.8 Å². The number of rotatable bonds is 6. The first kappa shape index (κ1) is 14.3. The summed E-state index contributed by atoms with van der Waals surface area (Å²) < 4.78 is 5.21. The first-order valence-corrected chi connectivity index (χ1v) is 6.22. The van der Waals surface area contributed by atoms with Crippen LogP contribution in [0.4, 0.5) is 0 Å². The van der Waals surface area contributed by atoms with Crippen LogP contribution in [0.3, 0.4) is 0 Å². The van der Waals surface area contributed by atoms with E-state index in [2.05, 4.69) is 19.2 Å². The van der Waals surface area contributed by atoms with Gasteiger partial charge in [0.15, 0.2) is 0 Å². The lowest BCUT2D eigenvalue weighted by Gasteiger charge is -2.05. The maximum absolute atomic E-state index is 11.6. The number of amides is 1. The molecule has 1 aromatic carbocycles. The molecule has 0 aliphatic rings. The van der Waals surface area contributed by atoms with Crippen LogP contribution in [-0.4, -0.2) is 19.6 Å². The minimum Gasteiger partial charge on any atom is -0.496 e. The highest BCUT2D eigenvalue weighted by Gasteiger charge is 1.99. The average Bonchev–Trinajstić information content (AvgIpc) is 2.36. The number of hydrogen-bond acceptors (Lipinski definition) is 2. The van der Waals surface area contributed by atoms with E-state index in [-0.39, 0.29) is 5.91 Å². The van der Waals surface area contributed by atoms with Crippen LogP contribution >= 0.6 is 0 Å². The van der Waals surface area contributed by atoms with Crippen molar-refractivity contribution in [3.63, 3.8) is 0 Å². The molecule has 1 rings (SSSR count). The number of nitrogens with one attached hydrogen (secondary N) is 1. The fraction of sp³-hybridized carbons (Fsp3) is 0.400. The third-order valence-corrected chi connectivity index (χ3v) is 2.57. The molecule has 0 unspecified atom stereocenters. The van der Waals surface area contributed by atoms with E-state index in [9.17, 15) is 4.79 Å². The van der Waals surface area contributed by atoms with E-state index >= 15 is 0 Å². The molecule has 0 spiro atoms. The lowest BCUT2D eigenvalue weighted by Crippen LogP contribution is -2.23. The molecule has 3 heteroatoms. The molecule has 0 heterocycles. The van der Waals surface area contributed by atoms with Gasteiger partial charge in [-0.25, -0.2) is 0 Å². The Labute approximate surface area is 109 Å². The SMILES string of the molecule is COc1ccccc1C=CC(=O)NCCC(C)C. The molecule has 0 atom stereocenters. The van der Waals surface area contributed by atoms with Gasteiger partial charge in [0.1, 0.15) is 5.75 Å². The number of methoxy groups -OCH3 is 1. The average molecular weight is 247 g/mol. The summed E-state index contributed by atoms with van der Waals surface area (Å²) in [6, 6.07) is 7.60. The molecule has 0 aromatic heterocycles. The van der Waals surface area contributed by atoms with Crippen LogP contribution in [0.5, 0.6) is 5.75 Å². The Hall–Kier alpha value is -1.77. The Balaban J connectivity index is 2.50. The predicted octanol–water partition coefficient (Wildman–Crippen LogP) is 2.87. The lowest BCUT2D eigenvalue weighted by molar-refractivity contribution is -0.116. The van der Waals surface area contributed by atoms with E-state index in [1.807, 2.05) is 24.3 Å². The summed E-state index contributed by atoms with van der Waals surface area (Å²) >= 11 is 0. The first-order valence-electron chi connectivity index (χ1n) is 6.22. The van der Waals surface area contributed by atoms with Gasteiger partial charge in [-0.2, -0.15) is 0 Å². The second-order valence-electron chi connectivity index (χ2n) is 4.55. The van der Waals surface area contributed by atoms with Crippen molar-refractivity contribution >= 4 is 12.0 Å². The monoisotopic (exact) mass is 247 g/mol. The van der Waals surface area contributed by atoms with Crippen molar-refractivity contribution in [1.29, 1.82) is 0 Å². The molecule has 0 fully saturated rings. The molecule has 0 aliphatic carbocycles. The molecule has 1 aromatic rings. The van der Waals surface area contributed by atoms with Crippen LogP contribution in [0, 0.1) is 5.92 Å². The van der Waals surface area contributed by atoms with Crippen LogP contribution in [-0.2, 0) is 4.79 Å². The van der Waals surface area contributed by atoms with E-state index < -0.39 is 0 Å². The molecule has 98 valence electrons. The van der Waals surface area contributed by atoms with Gasteiger partial charge in [-0.1, -0.05) is 32.0 Å². The maximum Gasteiger partial charge on any atom is 0.244 e. The van der Waals surface area contributed by atoms with Gasteiger partial charge in [-0.3, -0.25) is 4.79 Å². The number of carbonyl (C=O) groups excluding carboxylic acids is 1. The molecule has 0 aliphatic heterocycles. The quantitative estimate of drug-likeness (QED) is 0.785. The lowest BCUT2D eigenvalue weighted by atomic mass is 10.1. The summed E-state index contributed by atoms with van der Waals surface area (Å²) in [6.45, 7) is 4.99. The summed E-state index contributed by atoms with van der Waals surface area (Å²) in [4.78, 5) is 11.6. The maximum atomic E-state index is 11.6. The van der Waals surface area contributed by atoms with Crippen molar-refractivity contribution in [2.75, 3.05) is 13.7 Å². The van der Waals surface area contributed by atoms with E-state index in [4.69, 9.17) is 4.74 Å². The minimum atomic E-state index is -0.0680. The summed E-state index contributed by atoms with van der Waals surface area (Å²) in [6.07, 6.45) is 4.30. The van der Waals surface area contributed by atoms with Gasteiger partial charge in [0.25, 0.3) is 0 Å². The number of para-hydroxylation sites is 1. The smallest absolute Gasteiger partial charge is 0.244 e. The molecule has 0 bridgehead atoms. The third kappa shape index (κ3) is 5.04.